The van der Waals surface area contributed by atoms with E-state index in [-0.39, 0.29) is 11.6 Å². The summed E-state index contributed by atoms with van der Waals surface area (Å²) in [4.78, 5) is 12.7. The molecule has 1 aromatic rings. The van der Waals surface area contributed by atoms with Crippen LogP contribution < -0.4 is 16.0 Å². The summed E-state index contributed by atoms with van der Waals surface area (Å²) < 4.78 is 0. The third-order valence-electron chi connectivity index (χ3n) is 7.45. The predicted octanol–water partition coefficient (Wildman–Crippen LogP) is 2.94. The number of amides is 2. The third kappa shape index (κ3) is 2.57. The molecule has 1 aromatic carbocycles. The van der Waals surface area contributed by atoms with Gasteiger partial charge in [-0.2, -0.15) is 0 Å². The highest BCUT2D eigenvalue weighted by Gasteiger charge is 2.64. The van der Waals surface area contributed by atoms with Crippen LogP contribution in [-0.4, -0.2) is 30.7 Å². The summed E-state index contributed by atoms with van der Waals surface area (Å²) in [6, 6.07) is 11.4. The van der Waals surface area contributed by atoms with Gasteiger partial charge in [-0.15, -0.1) is 0 Å². The summed E-state index contributed by atoms with van der Waals surface area (Å²) in [6.45, 7) is 2.02. The van der Waals surface area contributed by atoms with Gasteiger partial charge in [0.15, 0.2) is 0 Å². The van der Waals surface area contributed by atoms with Crippen LogP contribution >= 0.6 is 0 Å². The summed E-state index contributed by atoms with van der Waals surface area (Å²) in [5, 5.41) is 10.1. The number of benzene rings is 1. The molecule has 0 spiro atoms. The Morgan fingerprint density at radius 2 is 1.88 bits per heavy atom. The van der Waals surface area contributed by atoms with E-state index >= 15 is 0 Å². The second-order valence-electron chi connectivity index (χ2n) is 9.01. The molecule has 6 rings (SSSR count). The van der Waals surface area contributed by atoms with E-state index in [4.69, 9.17) is 0 Å². The highest BCUT2D eigenvalue weighted by molar-refractivity contribution is 5.75. The first-order valence-electron chi connectivity index (χ1n) is 10.0. The number of carbonyl (C=O) groups excluding carboxylic acids is 1. The van der Waals surface area contributed by atoms with E-state index in [0.717, 1.165) is 38.3 Å². The molecule has 1 aliphatic heterocycles. The first-order valence-corrected chi connectivity index (χ1v) is 10.0. The normalized spacial score (nSPS) is 39.5. The van der Waals surface area contributed by atoms with E-state index in [9.17, 15) is 4.79 Å². The number of rotatable bonds is 3. The Morgan fingerprint density at radius 1 is 1.08 bits per heavy atom. The molecule has 4 unspecified atom stereocenters. The fourth-order valence-electron chi connectivity index (χ4n) is 6.64. The van der Waals surface area contributed by atoms with Crippen LogP contribution in [0.25, 0.3) is 0 Å². The molecular weight excluding hydrogens is 310 g/mol. The molecule has 1 saturated heterocycles. The Balaban J connectivity index is 1.33. The molecule has 5 fully saturated rings. The summed E-state index contributed by atoms with van der Waals surface area (Å²) in [5.74, 6) is 1.44. The fourth-order valence-corrected chi connectivity index (χ4v) is 6.64. The Hall–Kier alpha value is -1.55. The van der Waals surface area contributed by atoms with E-state index in [1.165, 1.54) is 31.2 Å². The van der Waals surface area contributed by atoms with Gasteiger partial charge in [-0.05, 0) is 80.8 Å². The van der Waals surface area contributed by atoms with Gasteiger partial charge in [-0.3, -0.25) is 0 Å². The largest absolute Gasteiger partial charge is 0.335 e. The van der Waals surface area contributed by atoms with Gasteiger partial charge in [-0.1, -0.05) is 30.3 Å². The van der Waals surface area contributed by atoms with E-state index in [1.54, 1.807) is 0 Å². The molecule has 134 valence electrons. The van der Waals surface area contributed by atoms with Crippen LogP contribution in [0.5, 0.6) is 0 Å². The Labute approximate surface area is 150 Å². The number of hydrogen-bond donors (Lipinski definition) is 3. The van der Waals surface area contributed by atoms with Gasteiger partial charge < -0.3 is 16.0 Å². The zero-order valence-electron chi connectivity index (χ0n) is 14.9. The molecule has 1 heterocycles. The highest BCUT2D eigenvalue weighted by Crippen LogP contribution is 2.66. The second-order valence-corrected chi connectivity index (χ2v) is 9.01. The van der Waals surface area contributed by atoms with Crippen LogP contribution in [0.3, 0.4) is 0 Å². The summed E-state index contributed by atoms with van der Waals surface area (Å²) in [5.41, 5.74) is 1.83. The van der Waals surface area contributed by atoms with Crippen LogP contribution in [0.1, 0.15) is 50.5 Å². The quantitative estimate of drug-likeness (QED) is 0.793. The predicted molar refractivity (Wildman–Crippen MR) is 98.5 cm³/mol. The van der Waals surface area contributed by atoms with Gasteiger partial charge in [0, 0.05) is 11.6 Å². The molecule has 4 aliphatic carbocycles. The van der Waals surface area contributed by atoms with Gasteiger partial charge >= 0.3 is 6.03 Å². The fraction of sp³-hybridized carbons (Fsp3) is 0.667. The molecule has 4 nitrogen and oxygen atoms in total. The maximum Gasteiger partial charge on any atom is 0.315 e. The van der Waals surface area contributed by atoms with Crippen molar-refractivity contribution >= 4 is 6.03 Å². The van der Waals surface area contributed by atoms with Crippen molar-refractivity contribution in [3.63, 3.8) is 0 Å². The summed E-state index contributed by atoms with van der Waals surface area (Å²) in [7, 11) is 0. The maximum absolute atomic E-state index is 12.7. The van der Waals surface area contributed by atoms with E-state index in [0.29, 0.717) is 17.4 Å². The molecule has 2 amide bonds. The SMILES string of the molecule is O=C(NC1CCNCC1)NC12CC3CC1CC(c1ccccc1)(C3)C2. The number of urea groups is 1. The number of piperidine rings is 1. The highest BCUT2D eigenvalue weighted by atomic mass is 16.2. The van der Waals surface area contributed by atoms with E-state index in [2.05, 4.69) is 46.3 Å². The van der Waals surface area contributed by atoms with Gasteiger partial charge in [0.1, 0.15) is 0 Å². The lowest BCUT2D eigenvalue weighted by Gasteiger charge is -2.41. The average Bonchev–Trinajstić information content (AvgIpc) is 2.98. The molecule has 4 bridgehead atoms. The van der Waals surface area contributed by atoms with Crippen LogP contribution in [0.4, 0.5) is 4.79 Å². The van der Waals surface area contributed by atoms with E-state index < -0.39 is 0 Å². The lowest BCUT2D eigenvalue weighted by atomic mass is 9.65. The van der Waals surface area contributed by atoms with Crippen LogP contribution in [0.15, 0.2) is 30.3 Å². The van der Waals surface area contributed by atoms with Crippen molar-refractivity contribution in [1.29, 1.82) is 0 Å². The first-order chi connectivity index (χ1) is 12.2. The zero-order chi connectivity index (χ0) is 16.9. The smallest absolute Gasteiger partial charge is 0.315 e. The number of hydrogen-bond acceptors (Lipinski definition) is 2. The molecule has 0 aromatic heterocycles. The Kier molecular flexibility index (Phi) is 3.60. The van der Waals surface area contributed by atoms with Crippen molar-refractivity contribution in [3.05, 3.63) is 35.9 Å². The zero-order valence-corrected chi connectivity index (χ0v) is 14.9. The summed E-state index contributed by atoms with van der Waals surface area (Å²) >= 11 is 0. The van der Waals surface area contributed by atoms with Gasteiger partial charge in [0.05, 0.1) is 0 Å². The van der Waals surface area contributed by atoms with Crippen molar-refractivity contribution in [2.45, 2.75) is 61.9 Å². The Morgan fingerprint density at radius 3 is 2.68 bits per heavy atom. The molecule has 4 heteroatoms. The van der Waals surface area contributed by atoms with Crippen molar-refractivity contribution in [3.8, 4) is 0 Å². The minimum Gasteiger partial charge on any atom is -0.335 e. The molecule has 25 heavy (non-hydrogen) atoms. The summed E-state index contributed by atoms with van der Waals surface area (Å²) in [6.07, 6.45) is 8.27. The molecule has 4 atom stereocenters. The van der Waals surface area contributed by atoms with Gasteiger partial charge in [-0.25, -0.2) is 4.79 Å². The van der Waals surface area contributed by atoms with Gasteiger partial charge in [0.25, 0.3) is 0 Å². The number of carbonyl (C=O) groups is 1. The minimum atomic E-state index is 0.0375. The molecular formula is C21H29N3O. The van der Waals surface area contributed by atoms with Crippen molar-refractivity contribution < 1.29 is 4.79 Å². The van der Waals surface area contributed by atoms with Crippen LogP contribution in [0.2, 0.25) is 0 Å². The minimum absolute atomic E-state index is 0.0375. The van der Waals surface area contributed by atoms with Crippen molar-refractivity contribution in [1.82, 2.24) is 16.0 Å². The van der Waals surface area contributed by atoms with E-state index in [1.807, 2.05) is 0 Å². The lowest BCUT2D eigenvalue weighted by Crippen LogP contribution is -2.56. The Bertz CT molecular complexity index is 656. The standard InChI is InChI=1S/C21H29N3O/c25-19(23-18-6-8-22-9-7-18)24-21-12-15-10-17(21)13-20(11-15,14-21)16-4-2-1-3-5-16/h1-5,15,17-18,22H,6-14H2,(H2,23,24,25). The molecule has 5 aliphatic rings. The van der Waals surface area contributed by atoms with Crippen molar-refractivity contribution in [2.75, 3.05) is 13.1 Å². The van der Waals surface area contributed by atoms with Crippen LogP contribution in [0, 0.1) is 11.8 Å². The second kappa shape index (κ2) is 5.73. The first kappa shape index (κ1) is 15.7. The van der Waals surface area contributed by atoms with Crippen molar-refractivity contribution in [2.24, 2.45) is 11.8 Å². The third-order valence-corrected chi connectivity index (χ3v) is 7.45. The number of nitrogens with one attached hydrogen (secondary N) is 3. The lowest BCUT2D eigenvalue weighted by molar-refractivity contribution is 0.189. The topological polar surface area (TPSA) is 53.2 Å². The molecule has 0 radical (unpaired) electrons. The van der Waals surface area contributed by atoms with Gasteiger partial charge in [0.2, 0.25) is 0 Å². The maximum atomic E-state index is 12.7. The molecule has 4 saturated carbocycles. The monoisotopic (exact) mass is 339 g/mol. The van der Waals surface area contributed by atoms with Crippen LogP contribution in [-0.2, 0) is 5.41 Å². The molecule has 3 N–H and O–H groups in total. The average molecular weight is 339 g/mol.